The number of methoxy groups -OCH3 is 1. The number of benzene rings is 2. The molecule has 0 heterocycles. The maximum atomic E-state index is 5.83. The van der Waals surface area contributed by atoms with E-state index in [2.05, 4.69) is 22.3 Å². The van der Waals surface area contributed by atoms with E-state index in [-0.39, 0.29) is 0 Å². The SMILES string of the molecule is COCc1ccc(C=NN=C(N)SCc2ccccc2)cc1. The minimum atomic E-state index is 0.455. The summed E-state index contributed by atoms with van der Waals surface area (Å²) in [5, 5.41) is 8.47. The Morgan fingerprint density at radius 2 is 1.82 bits per heavy atom. The van der Waals surface area contributed by atoms with Crippen molar-refractivity contribution in [2.45, 2.75) is 12.4 Å². The summed E-state index contributed by atoms with van der Waals surface area (Å²) >= 11 is 1.47. The van der Waals surface area contributed by atoms with Crippen molar-refractivity contribution in [3.8, 4) is 0 Å². The van der Waals surface area contributed by atoms with Crippen LogP contribution in [0.3, 0.4) is 0 Å². The Kier molecular flexibility index (Phi) is 6.67. The zero-order valence-electron chi connectivity index (χ0n) is 12.5. The third-order valence-corrected chi connectivity index (χ3v) is 3.74. The molecule has 0 aliphatic carbocycles. The van der Waals surface area contributed by atoms with Crippen molar-refractivity contribution in [1.29, 1.82) is 0 Å². The fourth-order valence-corrected chi connectivity index (χ4v) is 2.39. The van der Waals surface area contributed by atoms with E-state index >= 15 is 0 Å². The van der Waals surface area contributed by atoms with Gasteiger partial charge in [0, 0.05) is 12.9 Å². The molecule has 0 atom stereocenters. The van der Waals surface area contributed by atoms with Crippen LogP contribution in [-0.4, -0.2) is 18.5 Å². The van der Waals surface area contributed by atoms with Crippen LogP contribution in [-0.2, 0) is 17.1 Å². The molecule has 0 aliphatic heterocycles. The number of nitrogens with two attached hydrogens (primary N) is 1. The van der Waals surface area contributed by atoms with Crippen LogP contribution in [0.1, 0.15) is 16.7 Å². The molecule has 5 heteroatoms. The van der Waals surface area contributed by atoms with Crippen LogP contribution in [0.5, 0.6) is 0 Å². The summed E-state index contributed by atoms with van der Waals surface area (Å²) in [6.07, 6.45) is 1.69. The molecular weight excluding hydrogens is 294 g/mol. The lowest BCUT2D eigenvalue weighted by Gasteiger charge is -2.00. The average molecular weight is 313 g/mol. The first-order chi connectivity index (χ1) is 10.8. The maximum Gasteiger partial charge on any atom is 0.180 e. The molecule has 0 radical (unpaired) electrons. The van der Waals surface area contributed by atoms with Gasteiger partial charge in [-0.25, -0.2) is 0 Å². The normalized spacial score (nSPS) is 12.0. The topological polar surface area (TPSA) is 60.0 Å². The lowest BCUT2D eigenvalue weighted by Crippen LogP contribution is -2.05. The van der Waals surface area contributed by atoms with Crippen LogP contribution in [0.25, 0.3) is 0 Å². The van der Waals surface area contributed by atoms with Gasteiger partial charge in [-0.2, -0.15) is 5.10 Å². The molecule has 0 amide bonds. The van der Waals surface area contributed by atoms with E-state index in [0.717, 1.165) is 16.9 Å². The standard InChI is InChI=1S/C17H19N3OS/c1-21-12-15-9-7-14(8-10-15)11-19-20-17(18)22-13-16-5-3-2-4-6-16/h2-11H,12-13H2,1H3,(H2,18,20). The quantitative estimate of drug-likeness (QED) is 0.505. The summed E-state index contributed by atoms with van der Waals surface area (Å²) in [6, 6.07) is 18.1. The van der Waals surface area contributed by atoms with Gasteiger partial charge < -0.3 is 10.5 Å². The molecule has 0 aliphatic rings. The number of hydrogen-bond donors (Lipinski definition) is 1. The van der Waals surface area contributed by atoms with Crippen molar-refractivity contribution in [2.24, 2.45) is 15.9 Å². The third kappa shape index (κ3) is 5.71. The summed E-state index contributed by atoms with van der Waals surface area (Å²) < 4.78 is 5.07. The van der Waals surface area contributed by atoms with Gasteiger partial charge in [-0.1, -0.05) is 66.4 Å². The summed E-state index contributed by atoms with van der Waals surface area (Å²) in [6.45, 7) is 0.610. The molecule has 0 fully saturated rings. The van der Waals surface area contributed by atoms with E-state index in [1.54, 1.807) is 13.3 Å². The number of ether oxygens (including phenoxy) is 1. The highest BCUT2D eigenvalue weighted by molar-refractivity contribution is 8.13. The first-order valence-corrected chi connectivity index (χ1v) is 7.87. The second kappa shape index (κ2) is 9.02. The molecule has 2 rings (SSSR count). The van der Waals surface area contributed by atoms with Crippen LogP contribution in [0.2, 0.25) is 0 Å². The molecule has 0 spiro atoms. The zero-order valence-corrected chi connectivity index (χ0v) is 13.3. The van der Waals surface area contributed by atoms with Gasteiger partial charge in [-0.15, -0.1) is 5.10 Å². The van der Waals surface area contributed by atoms with E-state index in [9.17, 15) is 0 Å². The lowest BCUT2D eigenvalue weighted by molar-refractivity contribution is 0.185. The van der Waals surface area contributed by atoms with Crippen molar-refractivity contribution in [3.63, 3.8) is 0 Å². The molecule has 0 unspecified atom stereocenters. The van der Waals surface area contributed by atoms with E-state index < -0.39 is 0 Å². The molecule has 4 nitrogen and oxygen atoms in total. The van der Waals surface area contributed by atoms with Crippen LogP contribution in [0.15, 0.2) is 64.8 Å². The predicted octanol–water partition coefficient (Wildman–Crippen LogP) is 3.42. The van der Waals surface area contributed by atoms with Gasteiger partial charge in [-0.3, -0.25) is 0 Å². The first kappa shape index (κ1) is 16.3. The predicted molar refractivity (Wildman–Crippen MR) is 94.1 cm³/mol. The summed E-state index contributed by atoms with van der Waals surface area (Å²) in [4.78, 5) is 0. The third-order valence-electron chi connectivity index (χ3n) is 2.88. The van der Waals surface area contributed by atoms with Crippen LogP contribution >= 0.6 is 11.8 Å². The molecular formula is C17H19N3OS. The van der Waals surface area contributed by atoms with Crippen LogP contribution < -0.4 is 5.73 Å². The minimum absolute atomic E-state index is 0.455. The summed E-state index contributed by atoms with van der Waals surface area (Å²) in [7, 11) is 1.68. The molecule has 22 heavy (non-hydrogen) atoms. The molecule has 2 aromatic carbocycles. The maximum absolute atomic E-state index is 5.83. The number of rotatable bonds is 6. The number of nitrogens with zero attached hydrogens (tertiary/aromatic N) is 2. The number of amidine groups is 1. The van der Waals surface area contributed by atoms with Crippen molar-refractivity contribution >= 4 is 23.1 Å². The lowest BCUT2D eigenvalue weighted by atomic mass is 10.1. The fourth-order valence-electron chi connectivity index (χ4n) is 1.78. The number of hydrogen-bond acceptors (Lipinski definition) is 4. The van der Waals surface area contributed by atoms with Gasteiger partial charge in [0.25, 0.3) is 0 Å². The zero-order chi connectivity index (χ0) is 15.6. The van der Waals surface area contributed by atoms with Crippen LogP contribution in [0.4, 0.5) is 0 Å². The average Bonchev–Trinajstić information content (AvgIpc) is 2.56. The summed E-state index contributed by atoms with van der Waals surface area (Å²) in [5.41, 5.74) is 9.15. The van der Waals surface area contributed by atoms with Gasteiger partial charge in [0.2, 0.25) is 0 Å². The van der Waals surface area contributed by atoms with Crippen molar-refractivity contribution in [1.82, 2.24) is 0 Å². The van der Waals surface area contributed by atoms with Gasteiger partial charge in [-0.05, 0) is 16.7 Å². The largest absolute Gasteiger partial charge is 0.380 e. The minimum Gasteiger partial charge on any atom is -0.380 e. The van der Waals surface area contributed by atoms with Crippen molar-refractivity contribution in [3.05, 3.63) is 71.3 Å². The highest BCUT2D eigenvalue weighted by Gasteiger charge is 1.96. The van der Waals surface area contributed by atoms with E-state index in [4.69, 9.17) is 10.5 Å². The highest BCUT2D eigenvalue weighted by atomic mass is 32.2. The van der Waals surface area contributed by atoms with E-state index in [1.807, 2.05) is 42.5 Å². The molecule has 0 aromatic heterocycles. The monoisotopic (exact) mass is 313 g/mol. The Hall–Kier alpha value is -2.11. The van der Waals surface area contributed by atoms with Crippen LogP contribution in [0, 0.1) is 0 Å². The Labute approximate surface area is 135 Å². The molecule has 0 bridgehead atoms. The molecule has 114 valence electrons. The Balaban J connectivity index is 1.84. The summed E-state index contributed by atoms with van der Waals surface area (Å²) in [5.74, 6) is 0.789. The number of thioether (sulfide) groups is 1. The van der Waals surface area contributed by atoms with Crippen molar-refractivity contribution in [2.75, 3.05) is 7.11 Å². The molecule has 2 N–H and O–H groups in total. The smallest absolute Gasteiger partial charge is 0.180 e. The Morgan fingerprint density at radius 1 is 1.09 bits per heavy atom. The van der Waals surface area contributed by atoms with E-state index in [0.29, 0.717) is 11.8 Å². The van der Waals surface area contributed by atoms with Gasteiger partial charge >= 0.3 is 0 Å². The molecule has 0 saturated heterocycles. The molecule has 0 saturated carbocycles. The van der Waals surface area contributed by atoms with Gasteiger partial charge in [0.15, 0.2) is 5.17 Å². The first-order valence-electron chi connectivity index (χ1n) is 6.89. The second-order valence-electron chi connectivity index (χ2n) is 4.63. The van der Waals surface area contributed by atoms with Gasteiger partial charge in [0.1, 0.15) is 0 Å². The van der Waals surface area contributed by atoms with E-state index in [1.165, 1.54) is 17.3 Å². The Bertz CT molecular complexity index is 624. The van der Waals surface area contributed by atoms with Crippen molar-refractivity contribution < 1.29 is 4.74 Å². The molecule has 2 aromatic rings. The van der Waals surface area contributed by atoms with Gasteiger partial charge in [0.05, 0.1) is 12.8 Å². The fraction of sp³-hybridized carbons (Fsp3) is 0.176. The Morgan fingerprint density at radius 3 is 2.50 bits per heavy atom. The highest BCUT2D eigenvalue weighted by Crippen LogP contribution is 2.11. The second-order valence-corrected chi connectivity index (χ2v) is 5.63.